The van der Waals surface area contributed by atoms with Crippen LogP contribution in [0.1, 0.15) is 0 Å². The summed E-state index contributed by atoms with van der Waals surface area (Å²) in [6.45, 7) is 0. The summed E-state index contributed by atoms with van der Waals surface area (Å²) in [6, 6.07) is 0. The molecule has 0 aliphatic carbocycles. The predicted octanol–water partition coefficient (Wildman–Crippen LogP) is -0.353. The van der Waals surface area contributed by atoms with Crippen LogP contribution in [0.3, 0.4) is 0 Å². The molecule has 0 radical (unpaired) electrons. The van der Waals surface area contributed by atoms with Crippen molar-refractivity contribution in [2.75, 3.05) is 24.0 Å². The van der Waals surface area contributed by atoms with Crippen LogP contribution in [0.2, 0.25) is 0 Å². The lowest BCUT2D eigenvalue weighted by molar-refractivity contribution is 0.119. The maximum Gasteiger partial charge on any atom is 0.509 e. The molecule has 0 aromatic carbocycles. The Bertz CT molecular complexity index is 251. The number of rotatable bonds is 4. The standard InChI is InChI=1S/C7H12O5S2/c1-13(9)3-5-6(4-14(2)10)12-7(8)11-5/h5-6H,3-4H2,1-2H3. The van der Waals surface area contributed by atoms with Crippen molar-refractivity contribution >= 4 is 27.8 Å². The van der Waals surface area contributed by atoms with Crippen LogP contribution in [-0.2, 0) is 31.1 Å². The molecular weight excluding hydrogens is 228 g/mol. The third kappa shape index (κ3) is 3.38. The number of hydrogen-bond donors (Lipinski definition) is 0. The molecule has 1 heterocycles. The van der Waals surface area contributed by atoms with Gasteiger partial charge in [0.15, 0.2) is 12.2 Å². The lowest BCUT2D eigenvalue weighted by Gasteiger charge is -2.12. The van der Waals surface area contributed by atoms with E-state index in [9.17, 15) is 13.2 Å². The van der Waals surface area contributed by atoms with Gasteiger partial charge in [-0.2, -0.15) is 0 Å². The number of ether oxygens (including phenoxy) is 2. The molecule has 4 unspecified atom stereocenters. The minimum atomic E-state index is -1.06. The van der Waals surface area contributed by atoms with Crippen molar-refractivity contribution in [3.63, 3.8) is 0 Å². The molecule has 1 saturated heterocycles. The second kappa shape index (κ2) is 4.88. The molecule has 0 amide bonds. The second-order valence-electron chi connectivity index (χ2n) is 3.04. The zero-order valence-corrected chi connectivity index (χ0v) is 9.56. The molecule has 0 aromatic rings. The van der Waals surface area contributed by atoms with Crippen molar-refractivity contribution in [2.24, 2.45) is 0 Å². The smallest absolute Gasteiger partial charge is 0.426 e. The molecule has 5 nitrogen and oxygen atoms in total. The maximum absolute atomic E-state index is 10.9. The van der Waals surface area contributed by atoms with Gasteiger partial charge in [0, 0.05) is 34.1 Å². The Morgan fingerprint density at radius 3 is 1.71 bits per heavy atom. The van der Waals surface area contributed by atoms with Crippen LogP contribution in [0.5, 0.6) is 0 Å². The molecule has 0 spiro atoms. The quantitative estimate of drug-likeness (QED) is 0.628. The summed E-state index contributed by atoms with van der Waals surface area (Å²) in [7, 11) is -2.12. The lowest BCUT2D eigenvalue weighted by atomic mass is 10.3. The molecule has 0 bridgehead atoms. The molecule has 1 aliphatic heterocycles. The van der Waals surface area contributed by atoms with E-state index in [2.05, 4.69) is 0 Å². The summed E-state index contributed by atoms with van der Waals surface area (Å²) in [5, 5.41) is 0. The Labute approximate surface area is 87.1 Å². The van der Waals surface area contributed by atoms with E-state index < -0.39 is 40.0 Å². The zero-order chi connectivity index (χ0) is 10.7. The van der Waals surface area contributed by atoms with E-state index in [0.717, 1.165) is 0 Å². The molecule has 1 rings (SSSR count). The highest BCUT2D eigenvalue weighted by Crippen LogP contribution is 2.16. The Morgan fingerprint density at radius 2 is 1.43 bits per heavy atom. The Morgan fingerprint density at radius 1 is 1.07 bits per heavy atom. The van der Waals surface area contributed by atoms with E-state index in [1.54, 1.807) is 0 Å². The lowest BCUT2D eigenvalue weighted by Crippen LogP contribution is -2.32. The molecule has 0 N–H and O–H groups in total. The van der Waals surface area contributed by atoms with Gasteiger partial charge in [0.1, 0.15) is 0 Å². The van der Waals surface area contributed by atoms with Gasteiger partial charge in [0.2, 0.25) is 0 Å². The summed E-state index contributed by atoms with van der Waals surface area (Å²) in [6.07, 6.45) is 1.21. The van der Waals surface area contributed by atoms with E-state index in [0.29, 0.717) is 0 Å². The fourth-order valence-electron chi connectivity index (χ4n) is 1.17. The minimum absolute atomic E-state index is 0.230. The molecule has 0 saturated carbocycles. The summed E-state index contributed by atoms with van der Waals surface area (Å²) in [4.78, 5) is 10.8. The average Bonchev–Trinajstić information content (AvgIpc) is 2.28. The number of carbonyl (C=O) groups excluding carboxylic acids is 1. The topological polar surface area (TPSA) is 69.7 Å². The predicted molar refractivity (Wildman–Crippen MR) is 53.0 cm³/mol. The van der Waals surface area contributed by atoms with Crippen LogP contribution < -0.4 is 0 Å². The van der Waals surface area contributed by atoms with Crippen molar-refractivity contribution in [1.29, 1.82) is 0 Å². The third-order valence-electron chi connectivity index (χ3n) is 1.71. The Hall–Kier alpha value is -0.430. The first-order valence-corrected chi connectivity index (χ1v) is 7.42. The monoisotopic (exact) mass is 240 g/mol. The van der Waals surface area contributed by atoms with Crippen molar-refractivity contribution in [3.8, 4) is 0 Å². The molecule has 1 fully saturated rings. The Kier molecular flexibility index (Phi) is 4.06. The number of carbonyl (C=O) groups is 1. The average molecular weight is 240 g/mol. The Balaban J connectivity index is 2.57. The molecule has 1 aliphatic rings. The van der Waals surface area contributed by atoms with Crippen LogP contribution in [-0.4, -0.2) is 50.8 Å². The van der Waals surface area contributed by atoms with Gasteiger partial charge >= 0.3 is 6.16 Å². The van der Waals surface area contributed by atoms with Gasteiger partial charge in [0.25, 0.3) is 0 Å². The first-order chi connectivity index (χ1) is 6.49. The summed E-state index contributed by atoms with van der Waals surface area (Å²) >= 11 is 0. The van der Waals surface area contributed by atoms with Crippen molar-refractivity contribution in [3.05, 3.63) is 0 Å². The van der Waals surface area contributed by atoms with E-state index in [1.165, 1.54) is 12.5 Å². The van der Waals surface area contributed by atoms with Gasteiger partial charge in [-0.15, -0.1) is 0 Å². The first kappa shape index (κ1) is 11.6. The van der Waals surface area contributed by atoms with Gasteiger partial charge in [-0.05, 0) is 0 Å². The fourth-order valence-corrected chi connectivity index (χ4v) is 2.66. The largest absolute Gasteiger partial charge is 0.509 e. The third-order valence-corrected chi connectivity index (χ3v) is 3.30. The highest BCUT2D eigenvalue weighted by molar-refractivity contribution is 7.84. The molecule has 7 heteroatoms. The number of hydrogen-bond acceptors (Lipinski definition) is 5. The van der Waals surface area contributed by atoms with Gasteiger partial charge in [-0.25, -0.2) is 4.79 Å². The van der Waals surface area contributed by atoms with Gasteiger partial charge < -0.3 is 9.47 Å². The van der Waals surface area contributed by atoms with E-state index >= 15 is 0 Å². The summed E-state index contributed by atoms with van der Waals surface area (Å²) < 4.78 is 31.4. The summed E-state index contributed by atoms with van der Waals surface area (Å²) in [5.41, 5.74) is 0. The molecule has 4 atom stereocenters. The molecule has 14 heavy (non-hydrogen) atoms. The van der Waals surface area contributed by atoms with Crippen molar-refractivity contribution < 1.29 is 22.7 Å². The van der Waals surface area contributed by atoms with Gasteiger partial charge in [-0.1, -0.05) is 0 Å². The molecular formula is C7H12O5S2. The highest BCUT2D eigenvalue weighted by Gasteiger charge is 2.37. The number of cyclic esters (lactones) is 2. The van der Waals surface area contributed by atoms with Crippen LogP contribution >= 0.6 is 0 Å². The van der Waals surface area contributed by atoms with Gasteiger partial charge in [0.05, 0.1) is 11.5 Å². The first-order valence-electron chi connectivity index (χ1n) is 3.96. The van der Waals surface area contributed by atoms with Crippen molar-refractivity contribution in [2.45, 2.75) is 12.2 Å². The van der Waals surface area contributed by atoms with E-state index in [4.69, 9.17) is 9.47 Å². The molecule has 82 valence electrons. The molecule has 0 aromatic heterocycles. The minimum Gasteiger partial charge on any atom is -0.426 e. The normalized spacial score (nSPS) is 30.6. The van der Waals surface area contributed by atoms with Gasteiger partial charge in [-0.3, -0.25) is 8.42 Å². The van der Waals surface area contributed by atoms with Crippen LogP contribution in [0.25, 0.3) is 0 Å². The second-order valence-corrected chi connectivity index (χ2v) is 6.00. The SMILES string of the molecule is CS(=O)CC1OC(=O)OC1CS(C)=O. The summed E-state index contributed by atoms with van der Waals surface area (Å²) in [5.74, 6) is 0.460. The van der Waals surface area contributed by atoms with Crippen LogP contribution in [0.15, 0.2) is 0 Å². The van der Waals surface area contributed by atoms with E-state index in [1.807, 2.05) is 0 Å². The zero-order valence-electron chi connectivity index (χ0n) is 7.93. The van der Waals surface area contributed by atoms with Crippen LogP contribution in [0.4, 0.5) is 4.79 Å². The van der Waals surface area contributed by atoms with E-state index in [-0.39, 0.29) is 11.5 Å². The van der Waals surface area contributed by atoms with Crippen LogP contribution in [0, 0.1) is 0 Å². The fraction of sp³-hybridized carbons (Fsp3) is 0.857. The van der Waals surface area contributed by atoms with Crippen molar-refractivity contribution in [1.82, 2.24) is 0 Å². The highest BCUT2D eigenvalue weighted by atomic mass is 32.2. The maximum atomic E-state index is 10.9.